The Kier molecular flexibility index (Phi) is 6.13. The second-order valence-corrected chi connectivity index (χ2v) is 6.32. The van der Waals surface area contributed by atoms with Crippen LogP contribution in [0.2, 0.25) is 0 Å². The highest BCUT2D eigenvalue weighted by Gasteiger charge is 2.22. The first kappa shape index (κ1) is 18.2. The summed E-state index contributed by atoms with van der Waals surface area (Å²) < 4.78 is 6.36. The van der Waals surface area contributed by atoms with E-state index >= 15 is 0 Å². The number of amides is 1. The molecule has 1 amide bonds. The highest BCUT2D eigenvalue weighted by molar-refractivity contribution is 7.98. The van der Waals surface area contributed by atoms with Gasteiger partial charge in [-0.25, -0.2) is 14.3 Å². The zero-order valence-electron chi connectivity index (χ0n) is 14.2. The Morgan fingerprint density at radius 3 is 2.83 bits per heavy atom. The third-order valence-electron chi connectivity index (χ3n) is 3.76. The summed E-state index contributed by atoms with van der Waals surface area (Å²) >= 11 is 1.61. The molecule has 0 aromatic carbocycles. The van der Waals surface area contributed by atoms with Gasteiger partial charge in [0.25, 0.3) is 5.78 Å². The summed E-state index contributed by atoms with van der Waals surface area (Å²) in [5.74, 6) is 0.570. The molecular formula is C15H21N5O3S. The summed E-state index contributed by atoms with van der Waals surface area (Å²) in [5.41, 5.74) is 2.31. The van der Waals surface area contributed by atoms with Crippen LogP contribution in [0.1, 0.15) is 23.4 Å². The fourth-order valence-corrected chi connectivity index (χ4v) is 2.92. The Hall–Kier alpha value is -2.16. The topological polar surface area (TPSA) is 98.5 Å². The lowest BCUT2D eigenvalue weighted by atomic mass is 10.1. The van der Waals surface area contributed by atoms with Gasteiger partial charge < -0.3 is 10.1 Å². The Balaban J connectivity index is 2.14. The first-order valence-electron chi connectivity index (χ1n) is 7.49. The van der Waals surface area contributed by atoms with Crippen LogP contribution in [0.5, 0.6) is 0 Å². The van der Waals surface area contributed by atoms with E-state index in [1.165, 1.54) is 13.4 Å². The molecule has 0 unspecified atom stereocenters. The second-order valence-electron chi connectivity index (χ2n) is 5.33. The quantitative estimate of drug-likeness (QED) is 0.733. The van der Waals surface area contributed by atoms with Crippen LogP contribution in [-0.4, -0.2) is 56.6 Å². The number of fused-ring (bicyclic) bond motifs is 1. The van der Waals surface area contributed by atoms with Crippen molar-refractivity contribution in [3.05, 3.63) is 23.3 Å². The van der Waals surface area contributed by atoms with Gasteiger partial charge in [0.2, 0.25) is 5.91 Å². The average Bonchev–Trinajstić information content (AvgIpc) is 3.02. The second kappa shape index (κ2) is 8.09. The number of aryl methyl sites for hydroxylation is 2. The predicted molar refractivity (Wildman–Crippen MR) is 90.9 cm³/mol. The number of nitrogens with zero attached hydrogens (tertiary/aromatic N) is 4. The molecule has 9 heteroatoms. The first-order valence-corrected chi connectivity index (χ1v) is 8.89. The van der Waals surface area contributed by atoms with Gasteiger partial charge in [0.15, 0.2) is 0 Å². The lowest BCUT2D eigenvalue weighted by Crippen LogP contribution is -2.42. The van der Waals surface area contributed by atoms with E-state index in [-0.39, 0.29) is 12.3 Å². The molecule has 24 heavy (non-hydrogen) atoms. The summed E-state index contributed by atoms with van der Waals surface area (Å²) in [5, 5.41) is 6.85. The van der Waals surface area contributed by atoms with E-state index in [9.17, 15) is 9.59 Å². The standard InChI is InChI=1S/C15H21N5O3S/c1-9-11(10(2)20-15(18-9)16-8-17-20)7-13(21)19-12(5-6-24-4)14(22)23-3/h8,12H,5-7H2,1-4H3,(H,19,21)/t12-/m1/s1. The number of ether oxygens (including phenoxy) is 1. The first-order chi connectivity index (χ1) is 11.5. The summed E-state index contributed by atoms with van der Waals surface area (Å²) in [6.45, 7) is 3.69. The van der Waals surface area contributed by atoms with Crippen molar-refractivity contribution in [2.45, 2.75) is 32.7 Å². The van der Waals surface area contributed by atoms with E-state index in [1.807, 2.05) is 20.1 Å². The van der Waals surface area contributed by atoms with Crippen molar-refractivity contribution < 1.29 is 14.3 Å². The van der Waals surface area contributed by atoms with Crippen LogP contribution in [-0.2, 0) is 20.7 Å². The largest absolute Gasteiger partial charge is 0.467 e. The molecule has 2 aromatic heterocycles. The number of hydrogen-bond donors (Lipinski definition) is 1. The number of thioether (sulfide) groups is 1. The molecule has 2 heterocycles. The van der Waals surface area contributed by atoms with Gasteiger partial charge in [-0.05, 0) is 32.3 Å². The summed E-state index contributed by atoms with van der Waals surface area (Å²) in [6, 6.07) is -0.640. The van der Waals surface area contributed by atoms with E-state index < -0.39 is 12.0 Å². The fraction of sp³-hybridized carbons (Fsp3) is 0.533. The molecule has 0 fully saturated rings. The molecule has 0 saturated heterocycles. The molecule has 130 valence electrons. The van der Waals surface area contributed by atoms with Gasteiger partial charge in [0, 0.05) is 17.0 Å². The molecule has 0 saturated carbocycles. The van der Waals surface area contributed by atoms with Crippen LogP contribution in [0.15, 0.2) is 6.33 Å². The van der Waals surface area contributed by atoms with E-state index in [2.05, 4.69) is 20.4 Å². The number of aromatic nitrogens is 4. The van der Waals surface area contributed by atoms with Crippen molar-refractivity contribution in [1.29, 1.82) is 0 Å². The third-order valence-corrected chi connectivity index (χ3v) is 4.40. The molecule has 8 nitrogen and oxygen atoms in total. The Labute approximate surface area is 144 Å². The average molecular weight is 351 g/mol. The van der Waals surface area contributed by atoms with Crippen molar-refractivity contribution in [3.63, 3.8) is 0 Å². The maximum atomic E-state index is 12.4. The van der Waals surface area contributed by atoms with Crippen LogP contribution in [0, 0.1) is 13.8 Å². The third kappa shape index (κ3) is 4.02. The zero-order chi connectivity index (χ0) is 17.7. The van der Waals surface area contributed by atoms with Crippen molar-refractivity contribution in [1.82, 2.24) is 24.9 Å². The molecule has 1 N–H and O–H groups in total. The van der Waals surface area contributed by atoms with E-state index in [4.69, 9.17) is 4.74 Å². The highest BCUT2D eigenvalue weighted by atomic mass is 32.2. The number of esters is 1. The van der Waals surface area contributed by atoms with E-state index in [0.717, 1.165) is 22.7 Å². The monoisotopic (exact) mass is 351 g/mol. The van der Waals surface area contributed by atoms with Crippen molar-refractivity contribution in [3.8, 4) is 0 Å². The smallest absolute Gasteiger partial charge is 0.328 e. The number of methoxy groups -OCH3 is 1. The SMILES string of the molecule is COC(=O)[C@@H](CCSC)NC(=O)Cc1c(C)nc2ncnn2c1C. The molecule has 2 aromatic rings. The number of hydrogen-bond acceptors (Lipinski definition) is 7. The zero-order valence-corrected chi connectivity index (χ0v) is 15.0. The van der Waals surface area contributed by atoms with Crippen LogP contribution in [0.25, 0.3) is 5.78 Å². The van der Waals surface area contributed by atoms with Crippen LogP contribution in [0.4, 0.5) is 0 Å². The molecule has 0 aliphatic heterocycles. The molecule has 0 spiro atoms. The minimum atomic E-state index is -0.640. The molecule has 1 atom stereocenters. The maximum absolute atomic E-state index is 12.4. The highest BCUT2D eigenvalue weighted by Crippen LogP contribution is 2.14. The molecule has 0 aliphatic carbocycles. The van der Waals surface area contributed by atoms with Gasteiger partial charge >= 0.3 is 5.97 Å². The maximum Gasteiger partial charge on any atom is 0.328 e. The molecule has 0 bridgehead atoms. The van der Waals surface area contributed by atoms with Crippen LogP contribution in [0.3, 0.4) is 0 Å². The van der Waals surface area contributed by atoms with Crippen molar-refractivity contribution >= 4 is 29.4 Å². The fourth-order valence-electron chi connectivity index (χ4n) is 2.44. The van der Waals surface area contributed by atoms with Gasteiger partial charge in [0.1, 0.15) is 12.4 Å². The lowest BCUT2D eigenvalue weighted by Gasteiger charge is -2.17. The lowest BCUT2D eigenvalue weighted by molar-refractivity contribution is -0.145. The van der Waals surface area contributed by atoms with Gasteiger partial charge in [-0.2, -0.15) is 21.8 Å². The van der Waals surface area contributed by atoms with Crippen molar-refractivity contribution in [2.24, 2.45) is 0 Å². The van der Waals surface area contributed by atoms with Gasteiger partial charge in [-0.15, -0.1) is 0 Å². The minimum absolute atomic E-state index is 0.118. The summed E-state index contributed by atoms with van der Waals surface area (Å²) in [4.78, 5) is 32.6. The number of carbonyl (C=O) groups excluding carboxylic acids is 2. The number of rotatable bonds is 7. The normalized spacial score (nSPS) is 12.2. The Morgan fingerprint density at radius 1 is 1.42 bits per heavy atom. The molecule has 0 radical (unpaired) electrons. The minimum Gasteiger partial charge on any atom is -0.467 e. The van der Waals surface area contributed by atoms with E-state index in [1.54, 1.807) is 16.3 Å². The van der Waals surface area contributed by atoms with Crippen LogP contribution >= 0.6 is 11.8 Å². The van der Waals surface area contributed by atoms with Gasteiger partial charge in [0.05, 0.1) is 13.5 Å². The predicted octanol–water partition coefficient (Wildman–Crippen LogP) is 0.695. The molecular weight excluding hydrogens is 330 g/mol. The number of carbonyl (C=O) groups is 2. The Morgan fingerprint density at radius 2 is 2.17 bits per heavy atom. The van der Waals surface area contributed by atoms with Gasteiger partial charge in [-0.1, -0.05) is 0 Å². The Bertz CT molecular complexity index is 746. The van der Waals surface area contributed by atoms with E-state index in [0.29, 0.717) is 12.2 Å². The molecule has 2 rings (SSSR count). The summed E-state index contributed by atoms with van der Waals surface area (Å²) in [6.07, 6.45) is 4.02. The molecule has 0 aliphatic rings. The van der Waals surface area contributed by atoms with Crippen molar-refractivity contribution in [2.75, 3.05) is 19.1 Å². The van der Waals surface area contributed by atoms with Crippen LogP contribution < -0.4 is 5.32 Å². The summed E-state index contributed by atoms with van der Waals surface area (Å²) in [7, 11) is 1.32. The van der Waals surface area contributed by atoms with Gasteiger partial charge in [-0.3, -0.25) is 4.79 Å². The number of nitrogens with one attached hydrogen (secondary N) is 1.